The molecule has 1 unspecified atom stereocenters. The third kappa shape index (κ3) is 2.05. The number of thiophene rings is 1. The van der Waals surface area contributed by atoms with Crippen LogP contribution >= 0.6 is 22.9 Å². The molecule has 3 heterocycles. The normalized spacial score (nSPS) is 18.3. The van der Waals surface area contributed by atoms with E-state index in [9.17, 15) is 15.0 Å². The summed E-state index contributed by atoms with van der Waals surface area (Å²) in [6.07, 6.45) is 0.600. The third-order valence-electron chi connectivity index (χ3n) is 3.18. The highest BCUT2D eigenvalue weighted by Crippen LogP contribution is 2.36. The van der Waals surface area contributed by atoms with Crippen molar-refractivity contribution in [2.45, 2.75) is 25.5 Å². The summed E-state index contributed by atoms with van der Waals surface area (Å²) < 4.78 is 2.42. The number of carbonyl (C=O) groups is 1. The van der Waals surface area contributed by atoms with Gasteiger partial charge in [-0.05, 0) is 25.0 Å². The number of aliphatic hydroxyl groups excluding tert-OH is 1. The van der Waals surface area contributed by atoms with Crippen molar-refractivity contribution >= 4 is 28.9 Å². The first kappa shape index (κ1) is 12.7. The summed E-state index contributed by atoms with van der Waals surface area (Å²) in [6, 6.07) is 3.57. The molecule has 0 bridgehead atoms. The average molecular weight is 299 g/mol. The molecule has 1 aliphatic heterocycles. The fraction of sp³-hybridized carbons (Fsp3) is 0.333. The monoisotopic (exact) mass is 298 g/mol. The first-order valence-electron chi connectivity index (χ1n) is 5.85. The van der Waals surface area contributed by atoms with Gasteiger partial charge in [-0.25, -0.2) is 9.78 Å². The van der Waals surface area contributed by atoms with E-state index in [2.05, 4.69) is 4.98 Å². The lowest BCUT2D eigenvalue weighted by molar-refractivity contribution is 0.0677. The van der Waals surface area contributed by atoms with Gasteiger partial charge >= 0.3 is 5.97 Å². The molecule has 0 spiro atoms. The molecule has 0 saturated carbocycles. The Labute approximate surface area is 118 Å². The van der Waals surface area contributed by atoms with E-state index >= 15 is 0 Å². The number of rotatable bonds is 2. The number of nitrogens with zero attached hydrogens (tertiary/aromatic N) is 2. The van der Waals surface area contributed by atoms with Crippen molar-refractivity contribution < 1.29 is 15.0 Å². The smallest absolute Gasteiger partial charge is 0.356 e. The summed E-state index contributed by atoms with van der Waals surface area (Å²) in [5, 5.41) is 19.2. The van der Waals surface area contributed by atoms with Crippen LogP contribution in [0.4, 0.5) is 0 Å². The van der Waals surface area contributed by atoms with E-state index < -0.39 is 12.1 Å². The zero-order valence-corrected chi connectivity index (χ0v) is 11.4. The van der Waals surface area contributed by atoms with Crippen LogP contribution in [0.3, 0.4) is 0 Å². The summed E-state index contributed by atoms with van der Waals surface area (Å²) in [7, 11) is 0. The third-order valence-corrected chi connectivity index (χ3v) is 4.40. The molecule has 0 saturated heterocycles. The molecule has 2 N–H and O–H groups in total. The van der Waals surface area contributed by atoms with E-state index in [4.69, 9.17) is 11.6 Å². The van der Waals surface area contributed by atoms with Gasteiger partial charge in [0.2, 0.25) is 0 Å². The molecule has 3 rings (SSSR count). The van der Waals surface area contributed by atoms with Crippen molar-refractivity contribution in [2.75, 3.05) is 0 Å². The largest absolute Gasteiger partial charge is 0.476 e. The van der Waals surface area contributed by atoms with Gasteiger partial charge < -0.3 is 14.8 Å². The van der Waals surface area contributed by atoms with E-state index in [0.717, 1.165) is 11.3 Å². The van der Waals surface area contributed by atoms with E-state index in [1.807, 2.05) is 6.07 Å². The predicted molar refractivity (Wildman–Crippen MR) is 71.7 cm³/mol. The quantitative estimate of drug-likeness (QED) is 0.894. The Balaban J connectivity index is 2.21. The maximum atomic E-state index is 11.3. The van der Waals surface area contributed by atoms with E-state index in [0.29, 0.717) is 28.8 Å². The van der Waals surface area contributed by atoms with Gasteiger partial charge in [0.1, 0.15) is 0 Å². The Kier molecular flexibility index (Phi) is 3.08. The van der Waals surface area contributed by atoms with Crippen molar-refractivity contribution in [1.82, 2.24) is 9.55 Å². The van der Waals surface area contributed by atoms with Crippen LogP contribution in [0.25, 0.3) is 10.7 Å². The van der Waals surface area contributed by atoms with Gasteiger partial charge in [0.25, 0.3) is 0 Å². The Morgan fingerprint density at radius 1 is 1.53 bits per heavy atom. The predicted octanol–water partition coefficient (Wildman–Crippen LogP) is 2.79. The lowest BCUT2D eigenvalue weighted by Gasteiger charge is -2.21. The first-order valence-corrected chi connectivity index (χ1v) is 7.05. The maximum Gasteiger partial charge on any atom is 0.356 e. The number of imidazole rings is 1. The van der Waals surface area contributed by atoms with E-state index in [1.165, 1.54) is 11.3 Å². The summed E-state index contributed by atoms with van der Waals surface area (Å²) in [6.45, 7) is 0.664. The van der Waals surface area contributed by atoms with Crippen LogP contribution in [0.2, 0.25) is 4.34 Å². The van der Waals surface area contributed by atoms with Crippen molar-refractivity contribution in [1.29, 1.82) is 0 Å². The van der Waals surface area contributed by atoms with Gasteiger partial charge in [-0.15, -0.1) is 11.3 Å². The molecule has 0 aliphatic carbocycles. The van der Waals surface area contributed by atoms with Gasteiger partial charge in [0.15, 0.2) is 11.5 Å². The molecular weight excluding hydrogens is 288 g/mol. The molecule has 0 fully saturated rings. The molecule has 2 aromatic rings. The number of hydrogen-bond acceptors (Lipinski definition) is 4. The lowest BCUT2D eigenvalue weighted by atomic mass is 10.1. The second-order valence-electron chi connectivity index (χ2n) is 4.39. The SMILES string of the molecule is O=C(O)c1nc(-c2ccc(Cl)s2)n2c1C(O)CCC2. The maximum absolute atomic E-state index is 11.3. The van der Waals surface area contributed by atoms with Crippen molar-refractivity contribution in [3.63, 3.8) is 0 Å². The molecular formula is C12H11ClN2O3S. The fourth-order valence-electron chi connectivity index (χ4n) is 2.39. The second kappa shape index (κ2) is 4.63. The van der Waals surface area contributed by atoms with E-state index in [-0.39, 0.29) is 5.69 Å². The van der Waals surface area contributed by atoms with Gasteiger partial charge in [-0.3, -0.25) is 0 Å². The van der Waals surface area contributed by atoms with E-state index in [1.54, 1.807) is 10.6 Å². The molecule has 0 amide bonds. The Hall–Kier alpha value is -1.37. The highest BCUT2D eigenvalue weighted by atomic mass is 35.5. The Morgan fingerprint density at radius 3 is 2.95 bits per heavy atom. The number of aromatic nitrogens is 2. The number of carboxylic acids is 1. The number of aliphatic hydroxyl groups is 1. The lowest BCUT2D eigenvalue weighted by Crippen LogP contribution is -2.18. The van der Waals surface area contributed by atoms with Crippen molar-refractivity contribution in [2.24, 2.45) is 0 Å². The highest BCUT2D eigenvalue weighted by Gasteiger charge is 2.30. The van der Waals surface area contributed by atoms with Crippen LogP contribution in [0.5, 0.6) is 0 Å². The van der Waals surface area contributed by atoms with Gasteiger partial charge in [-0.1, -0.05) is 11.6 Å². The minimum atomic E-state index is -1.11. The molecule has 19 heavy (non-hydrogen) atoms. The zero-order valence-electron chi connectivity index (χ0n) is 9.84. The molecule has 5 nitrogen and oxygen atoms in total. The second-order valence-corrected chi connectivity index (χ2v) is 6.10. The zero-order chi connectivity index (χ0) is 13.6. The topological polar surface area (TPSA) is 75.3 Å². The van der Waals surface area contributed by atoms with Gasteiger partial charge in [0, 0.05) is 6.54 Å². The number of aromatic carboxylic acids is 1. The minimum absolute atomic E-state index is 0.0632. The number of halogens is 1. The molecule has 0 aromatic carbocycles. The molecule has 0 radical (unpaired) electrons. The molecule has 2 aromatic heterocycles. The fourth-order valence-corrected chi connectivity index (χ4v) is 3.43. The van der Waals surface area contributed by atoms with Crippen LogP contribution in [0.1, 0.15) is 35.1 Å². The Morgan fingerprint density at radius 2 is 2.32 bits per heavy atom. The summed E-state index contributed by atoms with van der Waals surface area (Å²) >= 11 is 7.25. The summed E-state index contributed by atoms with van der Waals surface area (Å²) in [5.74, 6) is -0.540. The van der Waals surface area contributed by atoms with Gasteiger partial charge in [-0.2, -0.15) is 0 Å². The van der Waals surface area contributed by atoms with Gasteiger partial charge in [0.05, 0.1) is 21.0 Å². The average Bonchev–Trinajstić information content (AvgIpc) is 2.93. The van der Waals surface area contributed by atoms with Crippen LogP contribution in [-0.4, -0.2) is 25.7 Å². The number of fused-ring (bicyclic) bond motifs is 1. The van der Waals surface area contributed by atoms with Crippen LogP contribution in [-0.2, 0) is 6.54 Å². The standard InChI is InChI=1S/C12H11ClN2O3S/c13-8-4-3-7(19-8)11-14-9(12(17)18)10-6(16)2-1-5-15(10)11/h3-4,6,16H,1-2,5H2,(H,17,18). The Bertz CT molecular complexity index is 649. The molecule has 1 atom stereocenters. The summed E-state index contributed by atoms with van der Waals surface area (Å²) in [4.78, 5) is 16.3. The molecule has 1 aliphatic rings. The minimum Gasteiger partial charge on any atom is -0.476 e. The first-order chi connectivity index (χ1) is 9.08. The molecule has 100 valence electrons. The van der Waals surface area contributed by atoms with Crippen LogP contribution < -0.4 is 0 Å². The number of carboxylic acid groups (broad SMARTS) is 1. The highest BCUT2D eigenvalue weighted by molar-refractivity contribution is 7.19. The van der Waals surface area contributed by atoms with Crippen molar-refractivity contribution in [3.8, 4) is 10.7 Å². The van der Waals surface area contributed by atoms with Crippen LogP contribution in [0.15, 0.2) is 12.1 Å². The molecule has 7 heteroatoms. The van der Waals surface area contributed by atoms with Crippen molar-refractivity contribution in [3.05, 3.63) is 27.9 Å². The summed E-state index contributed by atoms with van der Waals surface area (Å²) in [5.41, 5.74) is 0.338. The number of hydrogen-bond donors (Lipinski definition) is 2. The van der Waals surface area contributed by atoms with Crippen LogP contribution in [0, 0.1) is 0 Å².